The molecule has 1 amide bonds. The molecule has 2 aromatic carbocycles. The van der Waals surface area contributed by atoms with Crippen molar-refractivity contribution in [3.8, 4) is 5.75 Å². The van der Waals surface area contributed by atoms with Gasteiger partial charge in [0.15, 0.2) is 0 Å². The maximum atomic E-state index is 11.1. The lowest BCUT2D eigenvalue weighted by Crippen LogP contribution is -2.11. The first-order valence-corrected chi connectivity index (χ1v) is 5.98. The first-order valence-electron chi connectivity index (χ1n) is 5.98. The van der Waals surface area contributed by atoms with Gasteiger partial charge in [-0.2, -0.15) is 0 Å². The number of carbonyl (C=O) groups excluding carboxylic acids is 1. The maximum Gasteiger partial charge on any atom is 0.248 e. The minimum atomic E-state index is -0.423. The van der Waals surface area contributed by atoms with Crippen LogP contribution in [0.25, 0.3) is 0 Å². The molecule has 0 unspecified atom stereocenters. The first-order chi connectivity index (χ1) is 9.06. The van der Waals surface area contributed by atoms with Gasteiger partial charge in [-0.05, 0) is 48.4 Å². The Hall–Kier alpha value is -2.49. The Balaban J connectivity index is 2.07. The summed E-state index contributed by atoms with van der Waals surface area (Å²) in [6.45, 7) is 2.57. The molecule has 2 aromatic rings. The second kappa shape index (κ2) is 5.44. The van der Waals surface area contributed by atoms with Gasteiger partial charge in [0.05, 0.1) is 0 Å². The first kappa shape index (κ1) is 13.0. The SMILES string of the molecule is Cc1cc(C(N)=O)ccc1NCc1ccc(O)cc1. The second-order valence-electron chi connectivity index (χ2n) is 4.41. The van der Waals surface area contributed by atoms with E-state index < -0.39 is 5.91 Å². The lowest BCUT2D eigenvalue weighted by molar-refractivity contribution is 0.1000. The summed E-state index contributed by atoms with van der Waals surface area (Å²) in [6, 6.07) is 12.3. The van der Waals surface area contributed by atoms with Crippen LogP contribution in [0.2, 0.25) is 0 Å². The molecule has 0 atom stereocenters. The minimum Gasteiger partial charge on any atom is -0.508 e. The number of nitrogens with one attached hydrogen (secondary N) is 1. The topological polar surface area (TPSA) is 75.4 Å². The van der Waals surface area contributed by atoms with Gasteiger partial charge >= 0.3 is 0 Å². The summed E-state index contributed by atoms with van der Waals surface area (Å²) >= 11 is 0. The predicted octanol–water partition coefficient (Wildman–Crippen LogP) is 2.41. The molecular formula is C15H16N2O2. The molecule has 2 rings (SSSR count). The van der Waals surface area contributed by atoms with Crippen molar-refractivity contribution >= 4 is 11.6 Å². The number of anilines is 1. The molecule has 4 nitrogen and oxygen atoms in total. The molecule has 0 aliphatic heterocycles. The standard InChI is InChI=1S/C15H16N2O2/c1-10-8-12(15(16)19)4-7-14(10)17-9-11-2-5-13(18)6-3-11/h2-8,17-18H,9H2,1H3,(H2,16,19). The van der Waals surface area contributed by atoms with Gasteiger partial charge < -0.3 is 16.2 Å². The van der Waals surface area contributed by atoms with E-state index in [1.807, 2.05) is 25.1 Å². The highest BCUT2D eigenvalue weighted by atomic mass is 16.3. The Morgan fingerprint density at radius 3 is 2.47 bits per heavy atom. The molecule has 98 valence electrons. The summed E-state index contributed by atoms with van der Waals surface area (Å²) in [7, 11) is 0. The highest BCUT2D eigenvalue weighted by molar-refractivity contribution is 5.93. The Morgan fingerprint density at radius 2 is 1.89 bits per heavy atom. The van der Waals surface area contributed by atoms with Crippen molar-refractivity contribution in [1.82, 2.24) is 0 Å². The summed E-state index contributed by atoms with van der Waals surface area (Å²) in [4.78, 5) is 11.1. The second-order valence-corrected chi connectivity index (χ2v) is 4.41. The normalized spacial score (nSPS) is 10.2. The Kier molecular flexibility index (Phi) is 3.71. The molecule has 0 bridgehead atoms. The number of nitrogens with two attached hydrogens (primary N) is 1. The molecule has 0 aliphatic rings. The van der Waals surface area contributed by atoms with Gasteiger partial charge in [0, 0.05) is 17.8 Å². The largest absolute Gasteiger partial charge is 0.508 e. The van der Waals surface area contributed by atoms with Crippen LogP contribution in [0.5, 0.6) is 5.75 Å². The van der Waals surface area contributed by atoms with Crippen LogP contribution in [0.3, 0.4) is 0 Å². The molecule has 4 heteroatoms. The molecule has 0 saturated heterocycles. The molecule has 0 saturated carbocycles. The predicted molar refractivity (Wildman–Crippen MR) is 75.1 cm³/mol. The highest BCUT2D eigenvalue weighted by Gasteiger charge is 2.04. The lowest BCUT2D eigenvalue weighted by Gasteiger charge is -2.10. The number of aromatic hydroxyl groups is 1. The van der Waals surface area contributed by atoms with E-state index in [2.05, 4.69) is 5.32 Å². The summed E-state index contributed by atoms with van der Waals surface area (Å²) in [5.74, 6) is -0.168. The lowest BCUT2D eigenvalue weighted by atomic mass is 10.1. The molecule has 0 heterocycles. The zero-order valence-electron chi connectivity index (χ0n) is 10.7. The Morgan fingerprint density at radius 1 is 1.21 bits per heavy atom. The van der Waals surface area contributed by atoms with Gasteiger partial charge in [-0.1, -0.05) is 12.1 Å². The van der Waals surface area contributed by atoms with E-state index in [0.29, 0.717) is 12.1 Å². The number of phenolic OH excluding ortho intramolecular Hbond substituents is 1. The third-order valence-corrected chi connectivity index (χ3v) is 2.93. The average Bonchev–Trinajstić information content (AvgIpc) is 2.39. The van der Waals surface area contributed by atoms with Gasteiger partial charge in [0.1, 0.15) is 5.75 Å². The van der Waals surface area contributed by atoms with Gasteiger partial charge in [0.25, 0.3) is 0 Å². The van der Waals surface area contributed by atoms with Gasteiger partial charge in [-0.25, -0.2) is 0 Å². The summed E-state index contributed by atoms with van der Waals surface area (Å²) < 4.78 is 0. The third-order valence-electron chi connectivity index (χ3n) is 2.93. The van der Waals surface area contributed by atoms with Crippen LogP contribution in [0, 0.1) is 6.92 Å². The number of benzene rings is 2. The van der Waals surface area contributed by atoms with Crippen molar-refractivity contribution in [2.24, 2.45) is 5.73 Å². The fourth-order valence-electron chi connectivity index (χ4n) is 1.83. The smallest absolute Gasteiger partial charge is 0.248 e. The van der Waals surface area contributed by atoms with Crippen LogP contribution >= 0.6 is 0 Å². The van der Waals surface area contributed by atoms with Crippen molar-refractivity contribution in [2.45, 2.75) is 13.5 Å². The minimum absolute atomic E-state index is 0.255. The summed E-state index contributed by atoms with van der Waals surface area (Å²) in [5.41, 5.74) is 8.73. The van der Waals surface area contributed by atoms with Gasteiger partial charge in [0.2, 0.25) is 5.91 Å². The van der Waals surface area contributed by atoms with E-state index in [0.717, 1.165) is 16.8 Å². The van der Waals surface area contributed by atoms with E-state index >= 15 is 0 Å². The van der Waals surface area contributed by atoms with E-state index in [9.17, 15) is 9.90 Å². The van der Waals surface area contributed by atoms with Crippen LogP contribution in [0.4, 0.5) is 5.69 Å². The number of hydrogen-bond donors (Lipinski definition) is 3. The third kappa shape index (κ3) is 3.25. The van der Waals surface area contributed by atoms with E-state index in [1.54, 1.807) is 24.3 Å². The fraction of sp³-hybridized carbons (Fsp3) is 0.133. The molecule has 0 spiro atoms. The van der Waals surface area contributed by atoms with Crippen molar-refractivity contribution < 1.29 is 9.90 Å². The number of carbonyl (C=O) groups is 1. The monoisotopic (exact) mass is 256 g/mol. The van der Waals surface area contributed by atoms with Gasteiger partial charge in [-0.15, -0.1) is 0 Å². The molecular weight excluding hydrogens is 240 g/mol. The summed E-state index contributed by atoms with van der Waals surface area (Å²) in [6.07, 6.45) is 0. The molecule has 0 aliphatic carbocycles. The Bertz CT molecular complexity index is 592. The van der Waals surface area contributed by atoms with Crippen LogP contribution in [-0.4, -0.2) is 11.0 Å². The molecule has 19 heavy (non-hydrogen) atoms. The number of primary amides is 1. The molecule has 0 fully saturated rings. The van der Waals surface area contributed by atoms with Crippen molar-refractivity contribution in [3.63, 3.8) is 0 Å². The molecule has 0 radical (unpaired) electrons. The fourth-order valence-corrected chi connectivity index (χ4v) is 1.83. The molecule has 4 N–H and O–H groups in total. The van der Waals surface area contributed by atoms with Crippen molar-refractivity contribution in [3.05, 3.63) is 59.2 Å². The maximum absolute atomic E-state index is 11.1. The quantitative estimate of drug-likeness (QED) is 0.786. The summed E-state index contributed by atoms with van der Waals surface area (Å²) in [5, 5.41) is 12.5. The number of phenols is 1. The van der Waals surface area contributed by atoms with Crippen LogP contribution in [0.1, 0.15) is 21.5 Å². The number of aryl methyl sites for hydroxylation is 1. The zero-order chi connectivity index (χ0) is 13.8. The zero-order valence-corrected chi connectivity index (χ0v) is 10.7. The van der Waals surface area contributed by atoms with Crippen molar-refractivity contribution in [1.29, 1.82) is 0 Å². The number of hydrogen-bond acceptors (Lipinski definition) is 3. The van der Waals surface area contributed by atoms with Gasteiger partial charge in [-0.3, -0.25) is 4.79 Å². The van der Waals surface area contributed by atoms with Crippen molar-refractivity contribution in [2.75, 3.05) is 5.32 Å². The highest BCUT2D eigenvalue weighted by Crippen LogP contribution is 2.18. The molecule has 0 aromatic heterocycles. The average molecular weight is 256 g/mol. The van der Waals surface area contributed by atoms with Crippen LogP contribution < -0.4 is 11.1 Å². The van der Waals surface area contributed by atoms with Crippen LogP contribution in [-0.2, 0) is 6.54 Å². The van der Waals surface area contributed by atoms with Crippen LogP contribution in [0.15, 0.2) is 42.5 Å². The van der Waals surface area contributed by atoms with E-state index in [1.165, 1.54) is 0 Å². The number of amides is 1. The van der Waals surface area contributed by atoms with E-state index in [4.69, 9.17) is 5.73 Å². The number of rotatable bonds is 4. The van der Waals surface area contributed by atoms with E-state index in [-0.39, 0.29) is 5.75 Å². The Labute approximate surface area is 111 Å².